The highest BCUT2D eigenvalue weighted by atomic mass is 35.5. The third-order valence-corrected chi connectivity index (χ3v) is 5.31. The van der Waals surface area contributed by atoms with Crippen molar-refractivity contribution in [1.82, 2.24) is 4.90 Å². The molecule has 0 aromatic carbocycles. The van der Waals surface area contributed by atoms with E-state index in [0.717, 1.165) is 38.8 Å². The summed E-state index contributed by atoms with van der Waals surface area (Å²) < 4.78 is 0. The van der Waals surface area contributed by atoms with Crippen molar-refractivity contribution in [3.8, 4) is 0 Å². The maximum absolute atomic E-state index is 12.7. The lowest BCUT2D eigenvalue weighted by Crippen LogP contribution is -2.51. The Morgan fingerprint density at radius 1 is 1.21 bits per heavy atom. The molecule has 0 bridgehead atoms. The summed E-state index contributed by atoms with van der Waals surface area (Å²) in [6.45, 7) is 11.0. The molecule has 1 aliphatic rings. The van der Waals surface area contributed by atoms with E-state index in [1.54, 1.807) is 0 Å². The topological polar surface area (TPSA) is 46.3 Å². The minimum Gasteiger partial charge on any atom is -0.342 e. The largest absolute Gasteiger partial charge is 0.342 e. The van der Waals surface area contributed by atoms with Gasteiger partial charge in [0.15, 0.2) is 0 Å². The Balaban J connectivity index is 0.00000324. The second kappa shape index (κ2) is 7.49. The highest BCUT2D eigenvalue weighted by Crippen LogP contribution is 2.36. The average molecular weight is 291 g/mol. The van der Waals surface area contributed by atoms with E-state index in [1.807, 2.05) is 0 Å². The van der Waals surface area contributed by atoms with Gasteiger partial charge < -0.3 is 10.6 Å². The van der Waals surface area contributed by atoms with E-state index < -0.39 is 0 Å². The van der Waals surface area contributed by atoms with E-state index in [1.165, 1.54) is 6.42 Å². The first-order valence-electron chi connectivity index (χ1n) is 7.46. The molecule has 0 aliphatic carbocycles. The zero-order valence-electron chi connectivity index (χ0n) is 13.0. The van der Waals surface area contributed by atoms with Crippen LogP contribution in [0.4, 0.5) is 0 Å². The number of amides is 1. The lowest BCUT2D eigenvalue weighted by atomic mass is 9.76. The van der Waals surface area contributed by atoms with Gasteiger partial charge in [0.1, 0.15) is 0 Å². The molecule has 0 atom stereocenters. The van der Waals surface area contributed by atoms with Crippen molar-refractivity contribution >= 4 is 18.3 Å². The number of carbonyl (C=O) groups is 1. The summed E-state index contributed by atoms with van der Waals surface area (Å²) in [6, 6.07) is 0. The number of piperidine rings is 1. The minimum absolute atomic E-state index is 0. The molecule has 1 rings (SSSR count). The van der Waals surface area contributed by atoms with Crippen LogP contribution in [0.5, 0.6) is 0 Å². The zero-order chi connectivity index (χ0) is 13.8. The van der Waals surface area contributed by atoms with Gasteiger partial charge in [-0.3, -0.25) is 4.79 Å². The summed E-state index contributed by atoms with van der Waals surface area (Å²) in [5.74, 6) is 0.285. The molecule has 19 heavy (non-hydrogen) atoms. The van der Waals surface area contributed by atoms with Gasteiger partial charge in [0.25, 0.3) is 0 Å². The Kier molecular flexibility index (Phi) is 7.38. The van der Waals surface area contributed by atoms with Crippen molar-refractivity contribution in [2.75, 3.05) is 19.6 Å². The molecule has 0 aromatic rings. The quantitative estimate of drug-likeness (QED) is 0.845. The zero-order valence-corrected chi connectivity index (χ0v) is 13.8. The van der Waals surface area contributed by atoms with Gasteiger partial charge in [-0.15, -0.1) is 12.4 Å². The number of nitrogens with zero attached hydrogens (tertiary/aromatic N) is 1. The highest BCUT2D eigenvalue weighted by Gasteiger charge is 2.39. The van der Waals surface area contributed by atoms with Crippen LogP contribution in [0.3, 0.4) is 0 Å². The second-order valence-corrected chi connectivity index (χ2v) is 6.15. The van der Waals surface area contributed by atoms with Gasteiger partial charge in [0, 0.05) is 19.6 Å². The first kappa shape index (κ1) is 18.7. The number of carbonyl (C=O) groups excluding carboxylic acids is 1. The van der Waals surface area contributed by atoms with E-state index in [0.29, 0.717) is 12.0 Å². The second-order valence-electron chi connectivity index (χ2n) is 6.15. The Morgan fingerprint density at radius 2 is 1.68 bits per heavy atom. The SMILES string of the molecule is CCC1(C)CCN(C(=O)C(CC)(CC)CN)CC1.Cl. The van der Waals surface area contributed by atoms with Gasteiger partial charge in [-0.05, 0) is 31.1 Å². The van der Waals surface area contributed by atoms with Crippen molar-refractivity contribution in [2.24, 2.45) is 16.6 Å². The number of likely N-dealkylation sites (tertiary alicyclic amines) is 1. The summed E-state index contributed by atoms with van der Waals surface area (Å²) in [7, 11) is 0. The van der Waals surface area contributed by atoms with E-state index >= 15 is 0 Å². The molecule has 0 aromatic heterocycles. The van der Waals surface area contributed by atoms with Crippen molar-refractivity contribution in [3.05, 3.63) is 0 Å². The van der Waals surface area contributed by atoms with Crippen LogP contribution in [0.15, 0.2) is 0 Å². The number of rotatable bonds is 5. The summed E-state index contributed by atoms with van der Waals surface area (Å²) in [5.41, 5.74) is 5.98. The van der Waals surface area contributed by atoms with Gasteiger partial charge >= 0.3 is 0 Å². The molecule has 1 aliphatic heterocycles. The van der Waals surface area contributed by atoms with Crippen molar-refractivity contribution in [1.29, 1.82) is 0 Å². The van der Waals surface area contributed by atoms with Crippen LogP contribution in [0.25, 0.3) is 0 Å². The number of hydrogen-bond acceptors (Lipinski definition) is 2. The molecule has 1 fully saturated rings. The van der Waals surface area contributed by atoms with Crippen LogP contribution in [0.1, 0.15) is 59.8 Å². The smallest absolute Gasteiger partial charge is 0.230 e. The Hall–Kier alpha value is -0.280. The molecule has 0 saturated carbocycles. The maximum atomic E-state index is 12.7. The van der Waals surface area contributed by atoms with Gasteiger partial charge in [-0.25, -0.2) is 0 Å². The van der Waals surface area contributed by atoms with Crippen molar-refractivity contribution in [2.45, 2.75) is 59.8 Å². The van der Waals surface area contributed by atoms with Crippen LogP contribution in [-0.2, 0) is 4.79 Å². The van der Waals surface area contributed by atoms with Crippen LogP contribution < -0.4 is 5.73 Å². The van der Waals surface area contributed by atoms with E-state index in [-0.39, 0.29) is 23.7 Å². The summed E-state index contributed by atoms with van der Waals surface area (Å²) in [6.07, 6.45) is 5.16. The van der Waals surface area contributed by atoms with E-state index in [2.05, 4.69) is 32.6 Å². The molecular weight excluding hydrogens is 260 g/mol. The molecule has 0 unspecified atom stereocenters. The van der Waals surface area contributed by atoms with Crippen molar-refractivity contribution < 1.29 is 4.79 Å². The monoisotopic (exact) mass is 290 g/mol. The molecule has 114 valence electrons. The van der Waals surface area contributed by atoms with Gasteiger partial charge in [0.05, 0.1) is 5.41 Å². The molecular formula is C15H31ClN2O. The van der Waals surface area contributed by atoms with Gasteiger partial charge in [-0.1, -0.05) is 34.1 Å². The Bertz CT molecular complexity index is 274. The summed E-state index contributed by atoms with van der Waals surface area (Å²) in [4.78, 5) is 14.7. The fourth-order valence-electron chi connectivity index (χ4n) is 2.87. The molecule has 4 heteroatoms. The average Bonchev–Trinajstić information content (AvgIpc) is 2.42. The lowest BCUT2D eigenvalue weighted by molar-refractivity contribution is -0.144. The molecule has 2 N–H and O–H groups in total. The number of nitrogens with two attached hydrogens (primary N) is 1. The number of halogens is 1. The summed E-state index contributed by atoms with van der Waals surface area (Å²) >= 11 is 0. The van der Waals surface area contributed by atoms with Gasteiger partial charge in [0.2, 0.25) is 5.91 Å². The predicted octanol–water partition coefficient (Wildman–Crippen LogP) is 3.21. The maximum Gasteiger partial charge on any atom is 0.230 e. The molecule has 1 saturated heterocycles. The summed E-state index contributed by atoms with van der Waals surface area (Å²) in [5, 5.41) is 0. The molecule has 3 nitrogen and oxygen atoms in total. The third-order valence-electron chi connectivity index (χ3n) is 5.31. The van der Waals surface area contributed by atoms with Crippen LogP contribution in [0.2, 0.25) is 0 Å². The van der Waals surface area contributed by atoms with Crippen LogP contribution in [0, 0.1) is 10.8 Å². The van der Waals surface area contributed by atoms with Crippen molar-refractivity contribution in [3.63, 3.8) is 0 Å². The minimum atomic E-state index is -0.319. The van der Waals surface area contributed by atoms with Crippen LogP contribution in [-0.4, -0.2) is 30.4 Å². The lowest BCUT2D eigenvalue weighted by Gasteiger charge is -2.42. The first-order chi connectivity index (χ1) is 8.47. The van der Waals surface area contributed by atoms with E-state index in [9.17, 15) is 4.79 Å². The standard InChI is InChI=1S/C15H30N2O.ClH/c1-5-14(4)8-10-17(11-9-14)13(18)15(6-2,7-3)12-16;/h5-12,16H2,1-4H3;1H. The Morgan fingerprint density at radius 3 is 2.00 bits per heavy atom. The molecule has 0 radical (unpaired) electrons. The fraction of sp³-hybridized carbons (Fsp3) is 0.933. The third kappa shape index (κ3) is 3.85. The molecule has 1 amide bonds. The normalized spacial score (nSPS) is 18.9. The van der Waals surface area contributed by atoms with Gasteiger partial charge in [-0.2, -0.15) is 0 Å². The fourth-order valence-corrected chi connectivity index (χ4v) is 2.87. The first-order valence-corrected chi connectivity index (χ1v) is 7.46. The molecule has 0 spiro atoms. The predicted molar refractivity (Wildman–Crippen MR) is 83.5 cm³/mol. The van der Waals surface area contributed by atoms with Crippen LogP contribution >= 0.6 is 12.4 Å². The highest BCUT2D eigenvalue weighted by molar-refractivity contribution is 5.85. The van der Waals surface area contributed by atoms with E-state index in [4.69, 9.17) is 5.73 Å². The number of hydrogen-bond donors (Lipinski definition) is 1. The molecule has 1 heterocycles. The Labute approximate surface area is 124 Å².